The highest BCUT2D eigenvalue weighted by atomic mass is 33.1. The first-order valence-corrected chi connectivity index (χ1v) is 33.0. The minimum absolute atomic E-state index is 0.0710. The Kier molecular flexibility index (Phi) is 32.2. The summed E-state index contributed by atoms with van der Waals surface area (Å²) in [6.45, 7) is -2.80. The summed E-state index contributed by atoms with van der Waals surface area (Å²) in [6, 6.07) is -4.82. The lowest BCUT2D eigenvalue weighted by Gasteiger charge is -2.51. The van der Waals surface area contributed by atoms with Crippen molar-refractivity contribution in [2.24, 2.45) is 5.73 Å². The highest BCUT2D eigenvalue weighted by Crippen LogP contribution is 2.36. The van der Waals surface area contributed by atoms with E-state index in [0.29, 0.717) is 5.03 Å². The Hall–Kier alpha value is -5.80. The minimum Gasteiger partial charge on any atom is -0.394 e. The molecule has 41 nitrogen and oxygen atoms in total. The fourth-order valence-electron chi connectivity index (χ4n) is 11.0. The number of carbonyl (C=O) groups excluding carboxylic acids is 9. The van der Waals surface area contributed by atoms with Crippen LogP contribution in [0.5, 0.6) is 0 Å². The molecule has 0 aromatic carbocycles. The second-order valence-electron chi connectivity index (χ2n) is 22.9. The monoisotopic (exact) mass is 1450 g/mol. The predicted octanol–water partition coefficient (Wildman–Crippen LogP) is -13.2. The van der Waals surface area contributed by atoms with Crippen LogP contribution in [0.15, 0.2) is 29.4 Å². The van der Waals surface area contributed by atoms with Gasteiger partial charge >= 0.3 is 0 Å². The first kappa shape index (κ1) is 81.2. The molecule has 6 rings (SSSR count). The smallest absolute Gasteiger partial charge is 0.243 e. The van der Waals surface area contributed by atoms with Crippen molar-refractivity contribution < 1.29 is 147 Å². The van der Waals surface area contributed by atoms with Crippen LogP contribution < -0.4 is 53.6 Å². The topological polar surface area (TPSA) is 627 Å². The molecule has 554 valence electrons. The maximum Gasteiger partial charge on any atom is 0.243 e. The molecule has 5 aliphatic rings. The number of aromatic nitrogens is 1. The number of amides is 9. The Bertz CT molecular complexity index is 2810. The summed E-state index contributed by atoms with van der Waals surface area (Å²) in [5.41, 5.74) is 5.22. The van der Waals surface area contributed by atoms with Gasteiger partial charge in [-0.15, -0.1) is 0 Å². The summed E-state index contributed by atoms with van der Waals surface area (Å²) in [6.07, 6.45) is -36.2. The predicted molar refractivity (Wildman–Crippen MR) is 326 cm³/mol. The lowest BCUT2D eigenvalue weighted by Crippen LogP contribution is -2.72. The van der Waals surface area contributed by atoms with Crippen molar-refractivity contribution in [2.75, 3.05) is 65.0 Å². The van der Waals surface area contributed by atoms with Crippen LogP contribution >= 0.6 is 21.6 Å². The largest absolute Gasteiger partial charge is 0.394 e. The number of aliphatic hydroxyl groups excluding tert-OH is 12. The summed E-state index contributed by atoms with van der Waals surface area (Å²) >= 11 is 0. The SMILES string of the molecule is CC(=O)N[C@H]1[C@H](OC2[C@@H](CO)O[C@@H](OC3[C@@H](CO)O[C@@H](OC4[C@@H](CO)OC(O)[C@H](NC(C)=O)[C@H]4O)[C@H](NC(C)=O)[C@H]3O)[C@H](NC(C)=O)[C@H]2O)O[C@H](CO)C(O[C@@H]2O[C@H](CO)[C@@H](O)[C@H](O)[C@H]2NC(=O)CCNC(=O)C(CSSc2ccccn2)NC(=O)CNC(=O)CNC(=O)CN)[C@@H]1O. The summed E-state index contributed by atoms with van der Waals surface area (Å²) in [5.74, 6) is -7.23. The standard InChI is InChI=1S/C55H87N11O30S2/c1-20(72)61-35-42(82)46(26(15-68)88-51(35)87)93-53-37(62-21(2)73)44(84)48(28(17-70)90-53)95-55-39(64-23(4)75)45(85)49(29(18-71)92-55)96-54-38(63-22(3)74)43(83)47(27(16-69)91-54)94-52-36(41(81)40(80)25(14-67)89-52)66-30(76)8-10-58-50(86)24(19-97-98-34-7-5-6-9-57-34)65-33(79)13-60-32(78)12-59-31(77)11-56/h5-7,9,24-29,35-49,51-55,67-71,80-85,87H,8,10-19,56H2,1-4H3,(H,58,86)(H,59,77)(H,60,78)(H,61,72)(H,62,73)(H,63,74)(H,64,75)(H,65,79)(H,66,76)/t24?,25-,26-,27-,28-,29-,35-,36-,37-,38-,39-,40-,41-,42-,43-,44-,45-,46?,47?,48?,49?,51?,52+,53+,54+,55+/m1/s1. The molecule has 26 atom stereocenters. The Morgan fingerprint density at radius 1 is 0.490 bits per heavy atom. The molecule has 23 N–H and O–H groups in total. The number of nitrogens with zero attached hydrogens (tertiary/aromatic N) is 1. The number of nitrogens with two attached hydrogens (primary N) is 1. The molecule has 0 spiro atoms. The van der Waals surface area contributed by atoms with Gasteiger partial charge in [-0.3, -0.25) is 43.2 Å². The van der Waals surface area contributed by atoms with Crippen LogP contribution in [-0.2, 0) is 85.8 Å². The van der Waals surface area contributed by atoms with Crippen LogP contribution in [-0.4, -0.2) is 344 Å². The summed E-state index contributed by atoms with van der Waals surface area (Å²) in [7, 11) is 2.30. The lowest BCUT2D eigenvalue weighted by atomic mass is 9.93. The van der Waals surface area contributed by atoms with Gasteiger partial charge in [0.05, 0.1) is 52.7 Å². The molecule has 0 saturated carbocycles. The van der Waals surface area contributed by atoms with E-state index in [2.05, 4.69) is 52.8 Å². The number of rotatable bonds is 32. The Balaban J connectivity index is 1.16. The van der Waals surface area contributed by atoms with Gasteiger partial charge in [0.2, 0.25) is 53.2 Å². The quantitative estimate of drug-likeness (QED) is 0.0298. The van der Waals surface area contributed by atoms with Crippen LogP contribution in [0.2, 0.25) is 0 Å². The molecule has 0 aliphatic carbocycles. The zero-order chi connectivity index (χ0) is 72.2. The second-order valence-corrected chi connectivity index (χ2v) is 25.3. The molecule has 5 saturated heterocycles. The number of ether oxygens (including phenoxy) is 9. The highest BCUT2D eigenvalue weighted by molar-refractivity contribution is 8.76. The first-order chi connectivity index (χ1) is 46.6. The van der Waals surface area contributed by atoms with Crippen molar-refractivity contribution in [1.29, 1.82) is 0 Å². The average Bonchev–Trinajstić information content (AvgIpc) is 0.775. The number of hydrogen-bond donors (Lipinski definition) is 22. The number of pyridine rings is 1. The summed E-state index contributed by atoms with van der Waals surface area (Å²) in [5, 5.41) is 155. The third-order valence-corrected chi connectivity index (χ3v) is 18.0. The molecule has 1 aromatic rings. The summed E-state index contributed by atoms with van der Waals surface area (Å²) < 4.78 is 53.7. The Morgan fingerprint density at radius 2 is 0.888 bits per heavy atom. The number of nitrogens with one attached hydrogen (secondary N) is 9. The van der Waals surface area contributed by atoms with E-state index in [-0.39, 0.29) is 12.3 Å². The fraction of sp³-hybridized carbons (Fsp3) is 0.745. The second kappa shape index (κ2) is 38.9. The van der Waals surface area contributed by atoms with Crippen LogP contribution in [0, 0.1) is 0 Å². The van der Waals surface area contributed by atoms with Crippen LogP contribution in [0.25, 0.3) is 0 Å². The fourth-order valence-corrected chi connectivity index (χ4v) is 13.1. The Labute approximate surface area is 566 Å². The number of aliphatic hydroxyl groups is 12. The maximum atomic E-state index is 13.7. The zero-order valence-corrected chi connectivity index (χ0v) is 54.8. The van der Waals surface area contributed by atoms with Crippen molar-refractivity contribution in [1.82, 2.24) is 52.8 Å². The molecule has 6 unspecified atom stereocenters. The molecule has 5 fully saturated rings. The summed E-state index contributed by atoms with van der Waals surface area (Å²) in [4.78, 5) is 118. The van der Waals surface area contributed by atoms with E-state index >= 15 is 0 Å². The van der Waals surface area contributed by atoms with Gasteiger partial charge in [0.25, 0.3) is 0 Å². The van der Waals surface area contributed by atoms with E-state index in [1.807, 2.05) is 0 Å². The molecule has 0 bridgehead atoms. The third kappa shape index (κ3) is 22.1. The van der Waals surface area contributed by atoms with Gasteiger partial charge in [-0.25, -0.2) is 4.98 Å². The van der Waals surface area contributed by atoms with Crippen molar-refractivity contribution in [3.05, 3.63) is 24.4 Å². The molecule has 98 heavy (non-hydrogen) atoms. The average molecular weight is 1450 g/mol. The minimum atomic E-state index is -2.09. The van der Waals surface area contributed by atoms with Gasteiger partial charge in [0.15, 0.2) is 31.5 Å². The van der Waals surface area contributed by atoms with Crippen molar-refractivity contribution in [3.8, 4) is 0 Å². The van der Waals surface area contributed by atoms with E-state index in [1.54, 1.807) is 18.2 Å². The van der Waals surface area contributed by atoms with Gasteiger partial charge in [-0.2, -0.15) is 0 Å². The third-order valence-electron chi connectivity index (χ3n) is 15.7. The molecule has 0 radical (unpaired) electrons. The molecular formula is C55H87N11O30S2. The molecule has 43 heteroatoms. The lowest BCUT2D eigenvalue weighted by molar-refractivity contribution is -0.367. The van der Waals surface area contributed by atoms with E-state index in [9.17, 15) is 104 Å². The first-order valence-electron chi connectivity index (χ1n) is 30.7. The molecular weight excluding hydrogens is 1360 g/mol. The number of carbonyl (C=O) groups is 9. The molecule has 5 aliphatic heterocycles. The maximum absolute atomic E-state index is 13.7. The van der Waals surface area contributed by atoms with Crippen molar-refractivity contribution in [3.63, 3.8) is 0 Å². The van der Waals surface area contributed by atoms with E-state index in [1.165, 1.54) is 17.0 Å². The number of hydrogen-bond acceptors (Lipinski definition) is 34. The van der Waals surface area contributed by atoms with Gasteiger partial charge in [0, 0.05) is 52.6 Å². The highest BCUT2D eigenvalue weighted by Gasteiger charge is 2.58. The van der Waals surface area contributed by atoms with Crippen molar-refractivity contribution in [2.45, 2.75) is 198 Å². The van der Waals surface area contributed by atoms with Gasteiger partial charge in [-0.1, -0.05) is 16.9 Å². The molecule has 9 amide bonds. The Morgan fingerprint density at radius 3 is 1.31 bits per heavy atom. The molecule has 6 heterocycles. The molecule has 1 aromatic heterocycles. The van der Waals surface area contributed by atoms with Crippen LogP contribution in [0.3, 0.4) is 0 Å². The van der Waals surface area contributed by atoms with Crippen molar-refractivity contribution >= 4 is 74.8 Å². The zero-order valence-electron chi connectivity index (χ0n) is 53.2. The van der Waals surface area contributed by atoms with E-state index < -0.39 is 272 Å². The van der Waals surface area contributed by atoms with Crippen LogP contribution in [0.4, 0.5) is 0 Å². The van der Waals surface area contributed by atoms with E-state index in [4.69, 9.17) is 48.4 Å². The van der Waals surface area contributed by atoms with Gasteiger partial charge in [-0.05, 0) is 22.9 Å². The van der Waals surface area contributed by atoms with Gasteiger partial charge in [0.1, 0.15) is 133 Å². The van der Waals surface area contributed by atoms with Crippen LogP contribution in [0.1, 0.15) is 34.1 Å². The normalized spacial score (nSPS) is 35.1. The van der Waals surface area contributed by atoms with Gasteiger partial charge < -0.3 is 157 Å². The van der Waals surface area contributed by atoms with E-state index in [0.717, 1.165) is 38.5 Å².